The molecule has 4 rings (SSSR count). The van der Waals surface area contributed by atoms with Gasteiger partial charge in [-0.05, 0) is 60.9 Å². The summed E-state index contributed by atoms with van der Waals surface area (Å²) in [4.78, 5) is 36.4. The van der Waals surface area contributed by atoms with Gasteiger partial charge in [0.2, 0.25) is 5.91 Å². The number of amides is 2. The summed E-state index contributed by atoms with van der Waals surface area (Å²) in [6.45, 7) is 4.35. The summed E-state index contributed by atoms with van der Waals surface area (Å²) in [6, 6.07) is 18.5. The summed E-state index contributed by atoms with van der Waals surface area (Å²) >= 11 is 0. The summed E-state index contributed by atoms with van der Waals surface area (Å²) in [5.41, 5.74) is 4.76. The van der Waals surface area contributed by atoms with Gasteiger partial charge < -0.3 is 0 Å². The number of fused-ring (bicyclic) bond motifs is 1. The van der Waals surface area contributed by atoms with E-state index in [9.17, 15) is 9.59 Å². The molecule has 0 unspecified atom stereocenters. The zero-order chi connectivity index (χ0) is 20.4. The van der Waals surface area contributed by atoms with Crippen molar-refractivity contribution in [3.8, 4) is 0 Å². The monoisotopic (exact) mass is 383 g/mol. The lowest BCUT2D eigenvalue weighted by molar-refractivity contribution is -0.118. The molecule has 5 nitrogen and oxygen atoms in total. The van der Waals surface area contributed by atoms with Crippen LogP contribution in [0.2, 0.25) is 0 Å². The van der Waals surface area contributed by atoms with Crippen LogP contribution >= 0.6 is 0 Å². The minimum atomic E-state index is -0.616. The lowest BCUT2D eigenvalue weighted by Crippen LogP contribution is -2.45. The molecule has 1 aliphatic heterocycles. The first kappa shape index (κ1) is 18.7. The van der Waals surface area contributed by atoms with E-state index >= 15 is 0 Å². The minimum Gasteiger partial charge on any atom is -0.290 e. The van der Waals surface area contributed by atoms with Crippen LogP contribution in [0.4, 0.5) is 5.69 Å². The molecule has 29 heavy (non-hydrogen) atoms. The third-order valence-corrected chi connectivity index (χ3v) is 5.20. The van der Waals surface area contributed by atoms with E-state index in [1.54, 1.807) is 18.5 Å². The van der Waals surface area contributed by atoms with Gasteiger partial charge in [0.25, 0.3) is 5.91 Å². The van der Waals surface area contributed by atoms with E-state index < -0.39 is 5.92 Å². The standard InChI is InChI=1S/C24H21N3O2/c1-16-10-11-19(13-17(16)2)27-23(28)21-9-4-3-8-20(21)22(24(27)29)15-25-14-18-7-5-6-12-26-18/h3-13,15,22H,14H2,1-2H3/t22-/m1/s1. The van der Waals surface area contributed by atoms with Crippen LogP contribution in [0.3, 0.4) is 0 Å². The smallest absolute Gasteiger partial charge is 0.265 e. The first-order valence-electron chi connectivity index (χ1n) is 9.50. The molecule has 0 radical (unpaired) electrons. The van der Waals surface area contributed by atoms with E-state index in [1.165, 1.54) is 4.90 Å². The fourth-order valence-corrected chi connectivity index (χ4v) is 3.45. The van der Waals surface area contributed by atoms with Crippen LogP contribution in [0.25, 0.3) is 0 Å². The molecule has 3 aromatic rings. The number of benzene rings is 2. The van der Waals surface area contributed by atoms with Crippen LogP contribution in [0.1, 0.15) is 38.7 Å². The van der Waals surface area contributed by atoms with Crippen LogP contribution in [0.5, 0.6) is 0 Å². The predicted octanol–water partition coefficient (Wildman–Crippen LogP) is 4.24. The molecular weight excluding hydrogens is 362 g/mol. The van der Waals surface area contributed by atoms with Gasteiger partial charge in [0, 0.05) is 18.0 Å². The quantitative estimate of drug-likeness (QED) is 0.500. The fraction of sp³-hybridized carbons (Fsp3) is 0.167. The molecule has 0 saturated carbocycles. The van der Waals surface area contributed by atoms with E-state index in [2.05, 4.69) is 9.98 Å². The van der Waals surface area contributed by atoms with E-state index in [-0.39, 0.29) is 11.8 Å². The van der Waals surface area contributed by atoms with Crippen molar-refractivity contribution >= 4 is 23.7 Å². The molecule has 0 spiro atoms. The number of aryl methyl sites for hydroxylation is 2. The molecule has 2 amide bonds. The van der Waals surface area contributed by atoms with Crippen molar-refractivity contribution in [2.24, 2.45) is 4.99 Å². The van der Waals surface area contributed by atoms with Gasteiger partial charge in [0.15, 0.2) is 0 Å². The van der Waals surface area contributed by atoms with Crippen molar-refractivity contribution in [3.63, 3.8) is 0 Å². The molecule has 0 fully saturated rings. The highest BCUT2D eigenvalue weighted by molar-refractivity contribution is 6.29. The second kappa shape index (κ2) is 7.80. The third-order valence-electron chi connectivity index (χ3n) is 5.20. The SMILES string of the molecule is Cc1ccc(N2C(=O)c3ccccc3[C@@H](C=NCc3ccccn3)C2=O)cc1C. The van der Waals surface area contributed by atoms with Crippen molar-refractivity contribution in [2.45, 2.75) is 26.3 Å². The van der Waals surface area contributed by atoms with Gasteiger partial charge in [-0.2, -0.15) is 0 Å². The normalized spacial score (nSPS) is 16.3. The topological polar surface area (TPSA) is 62.6 Å². The highest BCUT2D eigenvalue weighted by Gasteiger charge is 2.38. The highest BCUT2D eigenvalue weighted by atomic mass is 16.2. The number of carbonyl (C=O) groups excluding carboxylic acids is 2. The highest BCUT2D eigenvalue weighted by Crippen LogP contribution is 2.32. The average molecular weight is 383 g/mol. The van der Waals surface area contributed by atoms with Crippen molar-refractivity contribution in [1.29, 1.82) is 0 Å². The van der Waals surface area contributed by atoms with Gasteiger partial charge in [-0.1, -0.05) is 30.3 Å². The van der Waals surface area contributed by atoms with E-state index in [0.717, 1.165) is 16.8 Å². The summed E-state index contributed by atoms with van der Waals surface area (Å²) in [5.74, 6) is -1.21. The summed E-state index contributed by atoms with van der Waals surface area (Å²) < 4.78 is 0. The van der Waals surface area contributed by atoms with Crippen LogP contribution in [0.15, 0.2) is 71.9 Å². The molecule has 0 N–H and O–H groups in total. The second-order valence-corrected chi connectivity index (χ2v) is 7.12. The van der Waals surface area contributed by atoms with Gasteiger partial charge in [-0.25, -0.2) is 4.90 Å². The number of hydrogen-bond acceptors (Lipinski definition) is 4. The number of aliphatic imine (C=N–C) groups is 1. The molecule has 2 heterocycles. The van der Waals surface area contributed by atoms with Crippen molar-refractivity contribution in [3.05, 3.63) is 94.8 Å². The molecule has 0 bridgehead atoms. The molecule has 1 aromatic heterocycles. The Morgan fingerprint density at radius 2 is 1.79 bits per heavy atom. The Morgan fingerprint density at radius 1 is 1.00 bits per heavy atom. The first-order valence-corrected chi connectivity index (χ1v) is 9.50. The maximum Gasteiger partial charge on any atom is 0.265 e. The predicted molar refractivity (Wildman–Crippen MR) is 113 cm³/mol. The van der Waals surface area contributed by atoms with Crippen molar-refractivity contribution < 1.29 is 9.59 Å². The Bertz CT molecular complexity index is 1110. The Labute approximate surface area is 169 Å². The summed E-state index contributed by atoms with van der Waals surface area (Å²) in [5, 5.41) is 0. The molecule has 1 aliphatic rings. The second-order valence-electron chi connectivity index (χ2n) is 7.12. The molecule has 0 saturated heterocycles. The van der Waals surface area contributed by atoms with Gasteiger partial charge in [-0.15, -0.1) is 0 Å². The van der Waals surface area contributed by atoms with Crippen LogP contribution in [-0.4, -0.2) is 23.0 Å². The zero-order valence-corrected chi connectivity index (χ0v) is 16.4. The number of anilines is 1. The molecule has 0 aliphatic carbocycles. The van der Waals surface area contributed by atoms with Crippen LogP contribution < -0.4 is 4.90 Å². The summed E-state index contributed by atoms with van der Waals surface area (Å²) in [6.07, 6.45) is 3.35. The number of imide groups is 1. The Morgan fingerprint density at radius 3 is 2.55 bits per heavy atom. The van der Waals surface area contributed by atoms with E-state index in [1.807, 2.05) is 68.4 Å². The number of carbonyl (C=O) groups is 2. The molecular formula is C24H21N3O2. The summed E-state index contributed by atoms with van der Waals surface area (Å²) in [7, 11) is 0. The van der Waals surface area contributed by atoms with Gasteiger partial charge in [0.05, 0.1) is 23.8 Å². The number of rotatable bonds is 4. The van der Waals surface area contributed by atoms with Gasteiger partial charge in [-0.3, -0.25) is 19.6 Å². The van der Waals surface area contributed by atoms with Crippen LogP contribution in [0, 0.1) is 13.8 Å². The maximum absolute atomic E-state index is 13.3. The Kier molecular flexibility index (Phi) is 5.04. The average Bonchev–Trinajstić information content (AvgIpc) is 2.74. The fourth-order valence-electron chi connectivity index (χ4n) is 3.45. The number of pyridine rings is 1. The van der Waals surface area contributed by atoms with E-state index in [4.69, 9.17) is 0 Å². The Hall–Kier alpha value is -3.60. The number of aromatic nitrogens is 1. The van der Waals surface area contributed by atoms with Crippen molar-refractivity contribution in [1.82, 2.24) is 4.98 Å². The third kappa shape index (κ3) is 3.59. The van der Waals surface area contributed by atoms with Crippen molar-refractivity contribution in [2.75, 3.05) is 4.90 Å². The van der Waals surface area contributed by atoms with Crippen LogP contribution in [-0.2, 0) is 11.3 Å². The van der Waals surface area contributed by atoms with Gasteiger partial charge >= 0.3 is 0 Å². The largest absolute Gasteiger partial charge is 0.290 e. The molecule has 1 atom stereocenters. The zero-order valence-electron chi connectivity index (χ0n) is 16.4. The molecule has 144 valence electrons. The first-order chi connectivity index (χ1) is 14.1. The lowest BCUT2D eigenvalue weighted by atomic mass is 9.88. The van der Waals surface area contributed by atoms with E-state index in [0.29, 0.717) is 23.4 Å². The lowest BCUT2D eigenvalue weighted by Gasteiger charge is -2.31. The maximum atomic E-state index is 13.3. The Balaban J connectivity index is 1.72. The number of hydrogen-bond donors (Lipinski definition) is 0. The molecule has 2 aromatic carbocycles. The molecule has 5 heteroatoms. The minimum absolute atomic E-state index is 0.290. The number of nitrogens with zero attached hydrogens (tertiary/aromatic N) is 3. The van der Waals surface area contributed by atoms with Gasteiger partial charge in [0.1, 0.15) is 0 Å².